The minimum Gasteiger partial charge on any atom is -0.478 e. The van der Waals surface area contributed by atoms with Crippen LogP contribution in [0, 0.1) is 18.8 Å². The van der Waals surface area contributed by atoms with Crippen molar-refractivity contribution >= 4 is 29.5 Å². The first kappa shape index (κ1) is 36.0. The molecule has 1 aliphatic carbocycles. The Kier molecular flexibility index (Phi) is 11.2. The summed E-state index contributed by atoms with van der Waals surface area (Å²) in [7, 11) is 0. The number of aliphatic hydroxyl groups is 1. The number of nitrogen functional groups attached to an aromatic ring is 1. The zero-order valence-electron chi connectivity index (χ0n) is 26.8. The number of aromatic carboxylic acids is 2. The van der Waals surface area contributed by atoms with Crippen LogP contribution in [0.1, 0.15) is 86.8 Å². The average molecular weight is 667 g/mol. The van der Waals surface area contributed by atoms with Crippen LogP contribution in [0.2, 0.25) is 0 Å². The molecule has 1 saturated carbocycles. The maximum absolute atomic E-state index is 13.8. The van der Waals surface area contributed by atoms with Gasteiger partial charge in [0.05, 0.1) is 16.7 Å². The van der Waals surface area contributed by atoms with Crippen molar-refractivity contribution in [3.63, 3.8) is 0 Å². The number of hydrogen-bond acceptors (Lipinski definition) is 7. The number of nitrogens with zero attached hydrogens (tertiary/aromatic N) is 1. The zero-order chi connectivity index (χ0) is 35.2. The van der Waals surface area contributed by atoms with Crippen molar-refractivity contribution in [2.24, 2.45) is 11.8 Å². The third-order valence-corrected chi connectivity index (χ3v) is 9.08. The van der Waals surface area contributed by atoms with Gasteiger partial charge in [-0.1, -0.05) is 67.6 Å². The van der Waals surface area contributed by atoms with E-state index in [0.29, 0.717) is 24.6 Å². The number of carboxylic acid groups (broad SMARTS) is 2. The Labute approximate surface area is 277 Å². The molecular formula is C36H40F2N2O8. The van der Waals surface area contributed by atoms with Gasteiger partial charge in [-0.2, -0.15) is 0 Å². The monoisotopic (exact) mass is 666 g/mol. The third kappa shape index (κ3) is 7.99. The van der Waals surface area contributed by atoms with Gasteiger partial charge in [0.1, 0.15) is 6.61 Å². The summed E-state index contributed by atoms with van der Waals surface area (Å²) < 4.78 is 32.6. The number of likely N-dealkylation sites (tertiary alicyclic amines) is 1. The lowest BCUT2D eigenvalue weighted by atomic mass is 9.78. The van der Waals surface area contributed by atoms with Crippen LogP contribution in [0.25, 0.3) is 0 Å². The summed E-state index contributed by atoms with van der Waals surface area (Å²) in [6.45, 7) is 4.55. The second-order valence-electron chi connectivity index (χ2n) is 12.5. The van der Waals surface area contributed by atoms with E-state index in [4.69, 9.17) is 15.6 Å². The number of carbonyl (C=O) groups excluding carboxylic acids is 2. The molecule has 1 unspecified atom stereocenters. The number of carboxylic acids is 2. The predicted octanol–water partition coefficient (Wildman–Crippen LogP) is 5.90. The normalized spacial score (nSPS) is 18.6. The number of carbonyl (C=O) groups is 4. The lowest BCUT2D eigenvalue weighted by molar-refractivity contribution is -0.161. The highest BCUT2D eigenvalue weighted by Crippen LogP contribution is 2.48. The molecule has 1 amide bonds. The SMILES string of the molecule is CC1CCN(C(=O)C(O)(c2ccccc2)[C@@H]2CCC(F)(F)C2)CC1.Cc1c(C(=O)O)cc(N)c(C(=O)OCc2ccccc2)c1C(=O)O. The number of nitrogens with two attached hydrogens (primary N) is 1. The largest absolute Gasteiger partial charge is 0.478 e. The number of benzene rings is 3. The molecule has 2 fully saturated rings. The highest BCUT2D eigenvalue weighted by Gasteiger charge is 2.54. The molecule has 48 heavy (non-hydrogen) atoms. The zero-order valence-corrected chi connectivity index (χ0v) is 26.8. The van der Waals surface area contributed by atoms with E-state index in [9.17, 15) is 38.2 Å². The van der Waals surface area contributed by atoms with Crippen molar-refractivity contribution in [2.45, 2.75) is 64.1 Å². The maximum Gasteiger partial charge on any atom is 0.341 e. The van der Waals surface area contributed by atoms with Gasteiger partial charge in [-0.15, -0.1) is 0 Å². The van der Waals surface area contributed by atoms with Crippen molar-refractivity contribution in [3.8, 4) is 0 Å². The molecule has 1 saturated heterocycles. The van der Waals surface area contributed by atoms with E-state index >= 15 is 0 Å². The number of alkyl halides is 2. The Morgan fingerprint density at radius 1 is 0.938 bits per heavy atom. The minimum atomic E-state index is -2.80. The molecule has 12 heteroatoms. The third-order valence-electron chi connectivity index (χ3n) is 9.08. The van der Waals surface area contributed by atoms with Crippen LogP contribution in [0.15, 0.2) is 66.7 Å². The Bertz CT molecular complexity index is 1640. The van der Waals surface area contributed by atoms with Gasteiger partial charge in [-0.05, 0) is 54.9 Å². The number of ether oxygens (including phenoxy) is 1. The van der Waals surface area contributed by atoms with Crippen LogP contribution < -0.4 is 5.73 Å². The van der Waals surface area contributed by atoms with E-state index < -0.39 is 53.2 Å². The lowest BCUT2D eigenvalue weighted by Gasteiger charge is -2.40. The van der Waals surface area contributed by atoms with E-state index in [1.54, 1.807) is 65.6 Å². The van der Waals surface area contributed by atoms with Crippen LogP contribution in [0.3, 0.4) is 0 Å². The number of anilines is 1. The Balaban J connectivity index is 0.000000217. The molecule has 0 aromatic heterocycles. The van der Waals surface area contributed by atoms with Gasteiger partial charge in [0, 0.05) is 37.5 Å². The van der Waals surface area contributed by atoms with Crippen LogP contribution in [0.5, 0.6) is 0 Å². The Hall–Kier alpha value is -4.84. The molecule has 1 aliphatic heterocycles. The van der Waals surface area contributed by atoms with Gasteiger partial charge in [0.25, 0.3) is 5.91 Å². The van der Waals surface area contributed by atoms with Crippen LogP contribution >= 0.6 is 0 Å². The molecule has 10 nitrogen and oxygen atoms in total. The average Bonchev–Trinajstić information content (AvgIpc) is 3.44. The molecule has 5 rings (SSSR count). The molecule has 256 valence electrons. The number of rotatable bonds is 8. The minimum absolute atomic E-state index is 0.0576. The molecule has 5 N–H and O–H groups in total. The summed E-state index contributed by atoms with van der Waals surface area (Å²) in [6.07, 6.45) is 1.23. The van der Waals surface area contributed by atoms with Crippen molar-refractivity contribution < 1.29 is 48.0 Å². The molecule has 0 spiro atoms. The summed E-state index contributed by atoms with van der Waals surface area (Å²) in [6, 6.07) is 18.5. The van der Waals surface area contributed by atoms with Crippen LogP contribution in [0.4, 0.5) is 14.5 Å². The first-order valence-electron chi connectivity index (χ1n) is 15.7. The first-order chi connectivity index (χ1) is 22.7. The highest BCUT2D eigenvalue weighted by molar-refractivity contribution is 6.09. The maximum atomic E-state index is 13.8. The Morgan fingerprint density at radius 2 is 1.52 bits per heavy atom. The fraction of sp³-hybridized carbons (Fsp3) is 0.389. The quantitative estimate of drug-likeness (QED) is 0.169. The summed E-state index contributed by atoms with van der Waals surface area (Å²) in [5, 5.41) is 29.8. The molecule has 3 aromatic carbocycles. The molecular weight excluding hydrogens is 626 g/mol. The molecule has 1 heterocycles. The fourth-order valence-corrected chi connectivity index (χ4v) is 6.29. The van der Waals surface area contributed by atoms with E-state index in [0.717, 1.165) is 24.5 Å². The summed E-state index contributed by atoms with van der Waals surface area (Å²) in [5.41, 5.74) is 3.60. The molecule has 2 atom stereocenters. The van der Waals surface area contributed by atoms with Gasteiger partial charge in [0.15, 0.2) is 5.60 Å². The first-order valence-corrected chi connectivity index (χ1v) is 15.7. The molecule has 2 aliphatic rings. The van der Waals surface area contributed by atoms with Crippen molar-refractivity contribution in [2.75, 3.05) is 18.8 Å². The summed E-state index contributed by atoms with van der Waals surface area (Å²) >= 11 is 0. The van der Waals surface area contributed by atoms with E-state index in [-0.39, 0.29) is 41.8 Å². The second-order valence-corrected chi connectivity index (χ2v) is 12.5. The van der Waals surface area contributed by atoms with Crippen molar-refractivity contribution in [1.29, 1.82) is 0 Å². The number of hydrogen-bond donors (Lipinski definition) is 4. The van der Waals surface area contributed by atoms with E-state index in [1.807, 2.05) is 0 Å². The second kappa shape index (κ2) is 14.9. The predicted molar refractivity (Wildman–Crippen MR) is 173 cm³/mol. The Morgan fingerprint density at radius 3 is 2.04 bits per heavy atom. The fourth-order valence-electron chi connectivity index (χ4n) is 6.29. The van der Waals surface area contributed by atoms with Crippen molar-refractivity contribution in [1.82, 2.24) is 4.90 Å². The van der Waals surface area contributed by atoms with Gasteiger partial charge in [-0.25, -0.2) is 23.2 Å². The van der Waals surface area contributed by atoms with Gasteiger partial charge < -0.3 is 30.7 Å². The number of amides is 1. The highest BCUT2D eigenvalue weighted by atomic mass is 19.3. The smallest absolute Gasteiger partial charge is 0.341 e. The van der Waals surface area contributed by atoms with Gasteiger partial charge in [0.2, 0.25) is 5.92 Å². The number of halogens is 2. The van der Waals surface area contributed by atoms with Gasteiger partial charge >= 0.3 is 17.9 Å². The topological polar surface area (TPSA) is 167 Å². The molecule has 3 aromatic rings. The van der Waals surface area contributed by atoms with Crippen LogP contribution in [-0.4, -0.2) is 63.0 Å². The molecule has 0 bridgehead atoms. The summed E-state index contributed by atoms with van der Waals surface area (Å²) in [4.78, 5) is 49.8. The van der Waals surface area contributed by atoms with Crippen LogP contribution in [-0.2, 0) is 21.7 Å². The number of piperidine rings is 1. The molecule has 0 radical (unpaired) electrons. The van der Waals surface area contributed by atoms with E-state index in [1.165, 1.54) is 6.92 Å². The van der Waals surface area contributed by atoms with E-state index in [2.05, 4.69) is 6.92 Å². The number of esters is 1. The summed E-state index contributed by atoms with van der Waals surface area (Å²) in [5.74, 6) is -7.11. The van der Waals surface area contributed by atoms with Gasteiger partial charge in [-0.3, -0.25) is 4.79 Å². The lowest BCUT2D eigenvalue weighted by Crippen LogP contribution is -2.53. The van der Waals surface area contributed by atoms with Crippen molar-refractivity contribution in [3.05, 3.63) is 100 Å². The standard InChI is InChI=1S/C19H25F2NO2.C17H15NO6/c1-14-8-11-22(12-9-14)17(23)19(24,15-5-3-2-4-6-15)16-7-10-18(20,21)13-16;1-9-11(15(19)20)7-12(18)14(13(9)16(21)22)17(23)24-8-10-5-3-2-4-6-10/h2-6,14,16,24H,7-13H2,1H3;2-7H,8,18H2,1H3,(H,19,20)(H,21,22)/t16-,19?;/m1./s1.